The number of nitrogens with one attached hydrogen (secondary N) is 2. The maximum atomic E-state index is 12.0. The Morgan fingerprint density at radius 1 is 1.03 bits per heavy atom. The molecule has 0 fully saturated rings. The number of rotatable bonds is 9. The number of hydrogen-bond donors (Lipinski definition) is 3. The molecule has 0 atom stereocenters. The fraction of sp³-hybridized carbons (Fsp3) is 0.333. The van der Waals surface area contributed by atoms with Gasteiger partial charge in [-0.15, -0.1) is 24.0 Å². The lowest BCUT2D eigenvalue weighted by Gasteiger charge is -2.10. The van der Waals surface area contributed by atoms with Gasteiger partial charge in [0.25, 0.3) is 5.91 Å². The van der Waals surface area contributed by atoms with Crippen molar-refractivity contribution in [3.05, 3.63) is 59.2 Å². The average molecular weight is 512 g/mol. The topological polar surface area (TPSA) is 98.0 Å². The van der Waals surface area contributed by atoms with Crippen LogP contribution >= 0.6 is 24.0 Å². The molecule has 0 unspecified atom stereocenters. The maximum absolute atomic E-state index is 12.0. The molecule has 0 aliphatic heterocycles. The number of nitrogens with two attached hydrogens (primary N) is 1. The molecule has 0 heterocycles. The maximum Gasteiger partial charge on any atom is 0.251 e. The van der Waals surface area contributed by atoms with Crippen molar-refractivity contribution in [3.8, 4) is 11.5 Å². The first-order valence-corrected chi connectivity index (χ1v) is 9.19. The summed E-state index contributed by atoms with van der Waals surface area (Å²) in [6.45, 7) is 3.58. The third kappa shape index (κ3) is 7.80. The van der Waals surface area contributed by atoms with Gasteiger partial charge in [-0.25, -0.2) is 4.99 Å². The molecular weight excluding hydrogens is 483 g/mol. The van der Waals surface area contributed by atoms with Crippen LogP contribution in [0.5, 0.6) is 11.5 Å². The summed E-state index contributed by atoms with van der Waals surface area (Å²) in [5.41, 5.74) is 8.49. The zero-order chi connectivity index (χ0) is 20.4. The third-order valence-corrected chi connectivity index (χ3v) is 4.08. The zero-order valence-electron chi connectivity index (χ0n) is 17.0. The second kappa shape index (κ2) is 12.9. The predicted octanol–water partition coefficient (Wildman–Crippen LogP) is 3.07. The Labute approximate surface area is 189 Å². The van der Waals surface area contributed by atoms with Gasteiger partial charge in [0.15, 0.2) is 17.5 Å². The van der Waals surface area contributed by atoms with Crippen molar-refractivity contribution in [2.75, 3.05) is 20.8 Å². The van der Waals surface area contributed by atoms with Gasteiger partial charge in [0.05, 0.1) is 20.8 Å². The van der Waals surface area contributed by atoms with Gasteiger partial charge in [0.2, 0.25) is 0 Å². The molecule has 29 heavy (non-hydrogen) atoms. The minimum atomic E-state index is -0.0766. The fourth-order valence-electron chi connectivity index (χ4n) is 2.57. The average Bonchev–Trinajstić information content (AvgIpc) is 2.74. The van der Waals surface area contributed by atoms with Crippen molar-refractivity contribution in [3.63, 3.8) is 0 Å². The van der Waals surface area contributed by atoms with Gasteiger partial charge in [0.1, 0.15) is 0 Å². The Balaban J connectivity index is 0.00000420. The lowest BCUT2D eigenvalue weighted by molar-refractivity contribution is 0.0953. The number of benzene rings is 2. The van der Waals surface area contributed by atoms with Gasteiger partial charge < -0.3 is 25.8 Å². The summed E-state index contributed by atoms with van der Waals surface area (Å²) in [5, 5.41) is 5.94. The Kier molecular flexibility index (Phi) is 10.9. The van der Waals surface area contributed by atoms with E-state index in [1.54, 1.807) is 20.3 Å². The van der Waals surface area contributed by atoms with Crippen molar-refractivity contribution >= 4 is 35.8 Å². The number of carbonyl (C=O) groups excluding carboxylic acids is 1. The van der Waals surface area contributed by atoms with Crippen LogP contribution in [0.15, 0.2) is 47.5 Å². The van der Waals surface area contributed by atoms with Crippen molar-refractivity contribution < 1.29 is 14.3 Å². The quantitative estimate of drug-likeness (QED) is 0.273. The highest BCUT2D eigenvalue weighted by Crippen LogP contribution is 2.27. The molecule has 2 rings (SSSR count). The van der Waals surface area contributed by atoms with Crippen LogP contribution in [0.25, 0.3) is 0 Å². The van der Waals surface area contributed by atoms with E-state index in [-0.39, 0.29) is 29.9 Å². The summed E-state index contributed by atoms with van der Waals surface area (Å²) in [6, 6.07) is 13.0. The molecule has 0 aromatic heterocycles. The van der Waals surface area contributed by atoms with Gasteiger partial charge >= 0.3 is 0 Å². The number of hydrogen-bond acceptors (Lipinski definition) is 4. The molecule has 0 aliphatic rings. The molecule has 1 amide bonds. The van der Waals surface area contributed by atoms with Crippen LogP contribution in [-0.2, 0) is 13.1 Å². The van der Waals surface area contributed by atoms with E-state index in [9.17, 15) is 4.79 Å². The van der Waals surface area contributed by atoms with Crippen molar-refractivity contribution in [2.45, 2.75) is 26.4 Å². The van der Waals surface area contributed by atoms with E-state index in [0.29, 0.717) is 42.7 Å². The Morgan fingerprint density at radius 3 is 2.48 bits per heavy atom. The smallest absolute Gasteiger partial charge is 0.251 e. The zero-order valence-corrected chi connectivity index (χ0v) is 19.4. The van der Waals surface area contributed by atoms with E-state index in [1.807, 2.05) is 43.3 Å². The highest BCUT2D eigenvalue weighted by molar-refractivity contribution is 14.0. The molecule has 2 aromatic rings. The molecule has 8 heteroatoms. The number of aliphatic imine (C=N–C) groups is 1. The summed E-state index contributed by atoms with van der Waals surface area (Å²) < 4.78 is 10.5. The number of methoxy groups -OCH3 is 2. The molecule has 7 nitrogen and oxygen atoms in total. The summed E-state index contributed by atoms with van der Waals surface area (Å²) >= 11 is 0. The Hall–Kier alpha value is -2.49. The summed E-state index contributed by atoms with van der Waals surface area (Å²) in [6.07, 6.45) is 0.901. The number of amides is 1. The van der Waals surface area contributed by atoms with Crippen LogP contribution in [0.4, 0.5) is 0 Å². The van der Waals surface area contributed by atoms with E-state index in [0.717, 1.165) is 17.5 Å². The van der Waals surface area contributed by atoms with Crippen molar-refractivity contribution in [1.82, 2.24) is 10.6 Å². The minimum absolute atomic E-state index is 0. The van der Waals surface area contributed by atoms with E-state index < -0.39 is 0 Å². The molecule has 0 radical (unpaired) electrons. The van der Waals surface area contributed by atoms with Gasteiger partial charge in [-0.2, -0.15) is 0 Å². The van der Waals surface area contributed by atoms with Crippen molar-refractivity contribution in [2.24, 2.45) is 10.7 Å². The first-order valence-electron chi connectivity index (χ1n) is 9.19. The normalized spacial score (nSPS) is 10.7. The molecule has 0 aliphatic carbocycles. The van der Waals surface area contributed by atoms with Crippen LogP contribution < -0.4 is 25.8 Å². The minimum Gasteiger partial charge on any atom is -0.493 e. The molecule has 0 spiro atoms. The van der Waals surface area contributed by atoms with Crippen molar-refractivity contribution in [1.29, 1.82) is 0 Å². The third-order valence-electron chi connectivity index (χ3n) is 4.08. The molecule has 0 saturated carbocycles. The van der Waals surface area contributed by atoms with E-state index >= 15 is 0 Å². The van der Waals surface area contributed by atoms with Gasteiger partial charge in [-0.1, -0.05) is 25.1 Å². The van der Waals surface area contributed by atoms with Crippen LogP contribution in [0.3, 0.4) is 0 Å². The number of ether oxygens (including phenoxy) is 2. The van der Waals surface area contributed by atoms with Crippen LogP contribution in [0, 0.1) is 0 Å². The Bertz CT molecular complexity index is 827. The second-order valence-electron chi connectivity index (χ2n) is 6.20. The number of nitrogens with zero attached hydrogens (tertiary/aromatic N) is 1. The fourth-order valence-corrected chi connectivity index (χ4v) is 2.57. The van der Waals surface area contributed by atoms with Crippen LogP contribution in [-0.4, -0.2) is 32.6 Å². The number of carbonyl (C=O) groups is 1. The Morgan fingerprint density at radius 2 is 1.79 bits per heavy atom. The van der Waals surface area contributed by atoms with E-state index in [4.69, 9.17) is 15.2 Å². The second-order valence-corrected chi connectivity index (χ2v) is 6.20. The summed E-state index contributed by atoms with van der Waals surface area (Å²) in [5.74, 6) is 1.59. The first kappa shape index (κ1) is 24.5. The van der Waals surface area contributed by atoms with Gasteiger partial charge in [0, 0.05) is 18.7 Å². The summed E-state index contributed by atoms with van der Waals surface area (Å²) in [7, 11) is 3.20. The van der Waals surface area contributed by atoms with Crippen LogP contribution in [0.1, 0.15) is 34.8 Å². The van der Waals surface area contributed by atoms with Gasteiger partial charge in [-0.3, -0.25) is 4.79 Å². The van der Waals surface area contributed by atoms with E-state index in [2.05, 4.69) is 15.6 Å². The van der Waals surface area contributed by atoms with E-state index in [1.165, 1.54) is 0 Å². The highest BCUT2D eigenvalue weighted by atomic mass is 127. The SMILES string of the molecule is CCCNC(=O)c1cccc(CN=C(N)NCc2ccc(OC)c(OC)c2)c1.I. The molecular formula is C21H29IN4O3. The highest BCUT2D eigenvalue weighted by Gasteiger charge is 2.06. The first-order chi connectivity index (χ1) is 13.6. The van der Waals surface area contributed by atoms with Crippen LogP contribution in [0.2, 0.25) is 0 Å². The number of halogens is 1. The number of guanidine groups is 1. The molecule has 4 N–H and O–H groups in total. The monoisotopic (exact) mass is 512 g/mol. The molecule has 2 aromatic carbocycles. The molecule has 0 bridgehead atoms. The lowest BCUT2D eigenvalue weighted by atomic mass is 10.1. The lowest BCUT2D eigenvalue weighted by Crippen LogP contribution is -2.31. The largest absolute Gasteiger partial charge is 0.493 e. The molecule has 0 saturated heterocycles. The van der Waals surface area contributed by atoms with Gasteiger partial charge in [-0.05, 0) is 41.8 Å². The molecule has 158 valence electrons. The summed E-state index contributed by atoms with van der Waals surface area (Å²) in [4.78, 5) is 16.4. The standard InChI is InChI=1S/C21H28N4O3.HI/c1-4-10-23-20(26)17-7-5-6-15(11-17)13-24-21(22)25-14-16-8-9-18(27-2)19(12-16)28-3;/h5-9,11-12H,4,10,13-14H2,1-3H3,(H,23,26)(H3,22,24,25);1H. The predicted molar refractivity (Wildman–Crippen MR) is 126 cm³/mol.